The number of para-hydroxylation sites is 1. The summed E-state index contributed by atoms with van der Waals surface area (Å²) in [5, 5.41) is 4.14. The molecule has 1 unspecified atom stereocenters. The Morgan fingerprint density at radius 1 is 0.714 bits per heavy atom. The lowest BCUT2D eigenvalue weighted by molar-refractivity contribution is 0.956. The van der Waals surface area contributed by atoms with Crippen LogP contribution in [0.5, 0.6) is 0 Å². The van der Waals surface area contributed by atoms with E-state index in [2.05, 4.69) is 115 Å². The highest BCUT2D eigenvalue weighted by molar-refractivity contribution is 7.99. The number of hydrogen-bond acceptors (Lipinski definition) is 1. The molecule has 0 spiro atoms. The molecule has 2 heteroatoms. The zero-order valence-corrected chi connectivity index (χ0v) is 16.6. The number of nitrogens with zero attached hydrogens (tertiary/aromatic N) is 1. The number of thioether (sulfide) groups is 1. The van der Waals surface area contributed by atoms with Crippen LogP contribution in [0, 0.1) is 0 Å². The predicted molar refractivity (Wildman–Crippen MR) is 121 cm³/mol. The van der Waals surface area contributed by atoms with Gasteiger partial charge >= 0.3 is 0 Å². The second-order valence-electron chi connectivity index (χ2n) is 7.13. The van der Waals surface area contributed by atoms with Gasteiger partial charge in [-0.05, 0) is 46.2 Å². The quantitative estimate of drug-likeness (QED) is 0.299. The van der Waals surface area contributed by atoms with Crippen molar-refractivity contribution in [2.24, 2.45) is 7.05 Å². The smallest absolute Gasteiger partial charge is 0.0615 e. The van der Waals surface area contributed by atoms with Crippen LogP contribution in [0.4, 0.5) is 0 Å². The topological polar surface area (TPSA) is 4.93 Å². The zero-order valence-electron chi connectivity index (χ0n) is 15.7. The average Bonchev–Trinajstić information content (AvgIpc) is 3.09. The van der Waals surface area contributed by atoms with Crippen LogP contribution < -0.4 is 0 Å². The van der Waals surface area contributed by atoms with Crippen molar-refractivity contribution in [2.45, 2.75) is 10.1 Å². The first kappa shape index (κ1) is 17.2. The molecular formula is C26H21NS. The molecule has 5 aromatic rings. The Morgan fingerprint density at radius 2 is 1.43 bits per heavy atom. The molecule has 0 saturated carbocycles. The Morgan fingerprint density at radius 3 is 2.29 bits per heavy atom. The first-order valence-corrected chi connectivity index (χ1v) is 10.4. The fourth-order valence-electron chi connectivity index (χ4n) is 3.90. The van der Waals surface area contributed by atoms with Crippen molar-refractivity contribution in [3.05, 3.63) is 114 Å². The number of fused-ring (bicyclic) bond motifs is 2. The minimum Gasteiger partial charge on any atom is -0.350 e. The van der Waals surface area contributed by atoms with Crippen molar-refractivity contribution in [3.8, 4) is 0 Å². The number of aromatic nitrogens is 1. The minimum atomic E-state index is 0.234. The van der Waals surface area contributed by atoms with Gasteiger partial charge in [-0.3, -0.25) is 0 Å². The van der Waals surface area contributed by atoms with E-state index in [-0.39, 0.29) is 5.25 Å². The zero-order chi connectivity index (χ0) is 18.9. The third-order valence-corrected chi connectivity index (χ3v) is 6.59. The number of benzene rings is 4. The summed E-state index contributed by atoms with van der Waals surface area (Å²) in [6.07, 6.45) is 2.29. The van der Waals surface area contributed by atoms with E-state index in [0.717, 1.165) is 0 Å². The molecule has 0 saturated heterocycles. The molecule has 1 heterocycles. The highest BCUT2D eigenvalue weighted by atomic mass is 32.2. The lowest BCUT2D eigenvalue weighted by Gasteiger charge is -2.18. The van der Waals surface area contributed by atoms with Crippen LogP contribution in [-0.4, -0.2) is 4.57 Å². The van der Waals surface area contributed by atoms with Gasteiger partial charge in [0.25, 0.3) is 0 Å². The van der Waals surface area contributed by atoms with E-state index < -0.39 is 0 Å². The summed E-state index contributed by atoms with van der Waals surface area (Å²) in [6, 6.07) is 34.9. The summed E-state index contributed by atoms with van der Waals surface area (Å²) in [4.78, 5) is 1.29. The van der Waals surface area contributed by atoms with Gasteiger partial charge in [-0.1, -0.05) is 72.8 Å². The number of aryl methyl sites for hydroxylation is 1. The van der Waals surface area contributed by atoms with Gasteiger partial charge in [0.15, 0.2) is 0 Å². The van der Waals surface area contributed by atoms with Gasteiger partial charge in [0.1, 0.15) is 0 Å². The second kappa shape index (κ2) is 7.21. The van der Waals surface area contributed by atoms with Crippen molar-refractivity contribution in [1.82, 2.24) is 4.57 Å². The van der Waals surface area contributed by atoms with Crippen LogP contribution in [-0.2, 0) is 7.05 Å². The van der Waals surface area contributed by atoms with E-state index in [9.17, 15) is 0 Å². The average molecular weight is 380 g/mol. The molecule has 0 aliphatic heterocycles. The van der Waals surface area contributed by atoms with Gasteiger partial charge in [0.2, 0.25) is 0 Å². The van der Waals surface area contributed by atoms with Crippen LogP contribution in [0.1, 0.15) is 16.4 Å². The molecule has 0 fully saturated rings. The van der Waals surface area contributed by atoms with Gasteiger partial charge in [0.05, 0.1) is 5.25 Å². The van der Waals surface area contributed by atoms with Crippen LogP contribution in [0.3, 0.4) is 0 Å². The first-order chi connectivity index (χ1) is 13.8. The summed E-state index contributed by atoms with van der Waals surface area (Å²) in [5.74, 6) is 0. The van der Waals surface area contributed by atoms with E-state index in [0.29, 0.717) is 0 Å². The largest absolute Gasteiger partial charge is 0.350 e. The normalized spacial score (nSPS) is 12.5. The molecule has 0 radical (unpaired) electrons. The van der Waals surface area contributed by atoms with Crippen LogP contribution in [0.15, 0.2) is 108 Å². The molecule has 0 aliphatic carbocycles. The molecule has 1 nitrogen and oxygen atoms in total. The van der Waals surface area contributed by atoms with E-state index in [1.54, 1.807) is 0 Å². The SMILES string of the molecule is Cn1cc(C(Sc2ccccc2)c2ccc3ccccc3c2)c2ccccc21. The van der Waals surface area contributed by atoms with Crippen LogP contribution in [0.25, 0.3) is 21.7 Å². The van der Waals surface area contributed by atoms with Gasteiger partial charge < -0.3 is 4.57 Å². The van der Waals surface area contributed by atoms with Crippen molar-refractivity contribution in [1.29, 1.82) is 0 Å². The number of rotatable bonds is 4. The molecular weight excluding hydrogens is 358 g/mol. The minimum absolute atomic E-state index is 0.234. The van der Waals surface area contributed by atoms with Gasteiger partial charge in [-0.25, -0.2) is 0 Å². The third kappa shape index (κ3) is 3.10. The summed E-state index contributed by atoms with van der Waals surface area (Å²) in [7, 11) is 2.14. The monoisotopic (exact) mass is 379 g/mol. The molecule has 0 bridgehead atoms. The summed E-state index contributed by atoms with van der Waals surface area (Å²) >= 11 is 1.92. The van der Waals surface area contributed by atoms with Crippen molar-refractivity contribution >= 4 is 33.4 Å². The van der Waals surface area contributed by atoms with E-state index in [4.69, 9.17) is 0 Å². The highest BCUT2D eigenvalue weighted by Gasteiger charge is 2.20. The third-order valence-electron chi connectivity index (χ3n) is 5.28. The Labute approximate surface area is 169 Å². The summed E-state index contributed by atoms with van der Waals surface area (Å²) < 4.78 is 2.24. The standard InChI is InChI=1S/C26H21NS/c1-27-18-24(23-13-7-8-14-25(23)27)26(28-22-11-3-2-4-12-22)21-16-15-19-9-5-6-10-20(19)17-21/h2-18,26H,1H3. The van der Waals surface area contributed by atoms with E-state index in [1.807, 2.05) is 11.8 Å². The summed E-state index contributed by atoms with van der Waals surface area (Å²) in [6.45, 7) is 0. The van der Waals surface area contributed by atoms with Gasteiger partial charge in [-0.2, -0.15) is 0 Å². The first-order valence-electron chi connectivity index (χ1n) is 9.54. The molecule has 0 amide bonds. The van der Waals surface area contributed by atoms with E-state index >= 15 is 0 Å². The molecule has 5 rings (SSSR count). The maximum Gasteiger partial charge on any atom is 0.0615 e. The molecule has 1 aromatic heterocycles. The second-order valence-corrected chi connectivity index (χ2v) is 8.31. The lowest BCUT2D eigenvalue weighted by Crippen LogP contribution is -1.97. The number of hydrogen-bond donors (Lipinski definition) is 0. The Balaban J connectivity index is 1.69. The van der Waals surface area contributed by atoms with Gasteiger partial charge in [0, 0.05) is 29.0 Å². The molecule has 136 valence electrons. The fourth-order valence-corrected chi connectivity index (χ4v) is 5.08. The molecule has 0 aliphatic rings. The fraction of sp³-hybridized carbons (Fsp3) is 0.0769. The Bertz CT molecular complexity index is 1250. The van der Waals surface area contributed by atoms with Gasteiger partial charge in [-0.15, -0.1) is 11.8 Å². The molecule has 28 heavy (non-hydrogen) atoms. The molecule has 4 aromatic carbocycles. The Kier molecular flexibility index (Phi) is 4.42. The maximum atomic E-state index is 2.34. The van der Waals surface area contributed by atoms with E-state index in [1.165, 1.54) is 37.7 Å². The maximum absolute atomic E-state index is 2.34. The van der Waals surface area contributed by atoms with Crippen LogP contribution >= 0.6 is 11.8 Å². The molecule has 0 N–H and O–H groups in total. The molecule has 1 atom stereocenters. The Hall–Kier alpha value is -2.97. The summed E-state index contributed by atoms with van der Waals surface area (Å²) in [5.41, 5.74) is 3.98. The van der Waals surface area contributed by atoms with Crippen molar-refractivity contribution < 1.29 is 0 Å². The predicted octanol–water partition coefficient (Wildman–Crippen LogP) is 7.21. The van der Waals surface area contributed by atoms with Crippen LogP contribution in [0.2, 0.25) is 0 Å². The van der Waals surface area contributed by atoms with Crippen molar-refractivity contribution in [3.63, 3.8) is 0 Å². The van der Waals surface area contributed by atoms with Crippen molar-refractivity contribution in [2.75, 3.05) is 0 Å². The lowest BCUT2D eigenvalue weighted by atomic mass is 10.0. The highest BCUT2D eigenvalue weighted by Crippen LogP contribution is 2.44.